The Morgan fingerprint density at radius 1 is 1.35 bits per heavy atom. The van der Waals surface area contributed by atoms with Crippen LogP contribution in [0.4, 0.5) is 4.39 Å². The van der Waals surface area contributed by atoms with Crippen LogP contribution in [0, 0.1) is 5.82 Å². The maximum Gasteiger partial charge on any atom is 0.144 e. The molecule has 0 aliphatic carbocycles. The molecule has 2 nitrogen and oxygen atoms in total. The average molecular weight is 273 g/mol. The van der Waals surface area contributed by atoms with Gasteiger partial charge in [-0.1, -0.05) is 0 Å². The number of thioether (sulfide) groups is 1. The average Bonchev–Trinajstić information content (AvgIpc) is 2.23. The minimum Gasteiger partial charge on any atom is -0.234 e. The Hall–Kier alpha value is -0.680. The third-order valence-corrected chi connectivity index (χ3v) is 4.00. The summed E-state index contributed by atoms with van der Waals surface area (Å²) in [4.78, 5) is 0.827. The van der Waals surface area contributed by atoms with Gasteiger partial charge in [-0.2, -0.15) is 4.40 Å². The van der Waals surface area contributed by atoms with Crippen LogP contribution in [0.15, 0.2) is 27.5 Å². The molecule has 1 rings (SSSR count). The summed E-state index contributed by atoms with van der Waals surface area (Å²) < 4.78 is 28.5. The van der Waals surface area contributed by atoms with E-state index in [-0.39, 0.29) is 5.82 Å². The Morgan fingerprint density at radius 2 is 2.00 bits per heavy atom. The van der Waals surface area contributed by atoms with Crippen molar-refractivity contribution in [1.82, 2.24) is 0 Å². The molecule has 94 valence electrons. The fourth-order valence-corrected chi connectivity index (χ4v) is 2.06. The first-order chi connectivity index (χ1) is 7.82. The number of halogens is 1. The van der Waals surface area contributed by atoms with Gasteiger partial charge in [-0.15, -0.1) is 11.8 Å². The van der Waals surface area contributed by atoms with Crippen molar-refractivity contribution >= 4 is 29.0 Å². The van der Waals surface area contributed by atoms with Crippen molar-refractivity contribution in [2.45, 2.75) is 30.4 Å². The summed E-state index contributed by atoms with van der Waals surface area (Å²) in [7, 11) is -1.31. The van der Waals surface area contributed by atoms with Gasteiger partial charge in [0.25, 0.3) is 0 Å². The zero-order chi connectivity index (χ0) is 13.1. The van der Waals surface area contributed by atoms with Gasteiger partial charge in [-0.3, -0.25) is 0 Å². The Morgan fingerprint density at radius 3 is 2.53 bits per heavy atom. The minimum absolute atomic E-state index is 0.306. The van der Waals surface area contributed by atoms with E-state index in [1.807, 2.05) is 33.1 Å². The molecule has 0 N–H and O–H groups in total. The molecule has 0 bridgehead atoms. The standard InChI is InChI=1S/C12H16FNOS2/c1-12(2,3)17(15)14-8-9-5-10(13)7-11(6-9)16-4/h5-8H,1-4H3/t17-/m1/s1. The molecular formula is C12H16FNOS2. The molecule has 0 aromatic heterocycles. The summed E-state index contributed by atoms with van der Waals surface area (Å²) in [6, 6.07) is 4.66. The molecule has 0 saturated heterocycles. The first kappa shape index (κ1) is 14.4. The SMILES string of the molecule is CSc1cc(F)cc(C=N[S@](=O)C(C)(C)C)c1. The van der Waals surface area contributed by atoms with Crippen LogP contribution in [0.3, 0.4) is 0 Å². The number of benzene rings is 1. The van der Waals surface area contributed by atoms with Crippen LogP contribution in [-0.4, -0.2) is 21.4 Å². The minimum atomic E-state index is -1.31. The summed E-state index contributed by atoms with van der Waals surface area (Å²) >= 11 is 1.46. The second-order valence-electron chi connectivity index (χ2n) is 4.52. The number of nitrogens with zero attached hydrogens (tertiary/aromatic N) is 1. The number of hydrogen-bond acceptors (Lipinski definition) is 2. The Balaban J connectivity index is 2.92. The Bertz CT molecular complexity index is 452. The van der Waals surface area contributed by atoms with Crippen LogP contribution in [0.25, 0.3) is 0 Å². The quantitative estimate of drug-likeness (QED) is 0.624. The van der Waals surface area contributed by atoms with Crippen LogP contribution in [0.1, 0.15) is 26.3 Å². The van der Waals surface area contributed by atoms with Crippen molar-refractivity contribution in [1.29, 1.82) is 0 Å². The highest BCUT2D eigenvalue weighted by Gasteiger charge is 2.18. The maximum atomic E-state index is 13.2. The second-order valence-corrected chi connectivity index (χ2v) is 7.33. The predicted octanol–water partition coefficient (Wildman–Crippen LogP) is 3.43. The molecule has 0 radical (unpaired) electrons. The largest absolute Gasteiger partial charge is 0.234 e. The molecule has 17 heavy (non-hydrogen) atoms. The molecule has 0 fully saturated rings. The molecule has 0 aliphatic rings. The highest BCUT2D eigenvalue weighted by molar-refractivity contribution is 7.98. The molecule has 5 heteroatoms. The molecule has 1 atom stereocenters. The molecule has 0 unspecified atom stereocenters. The molecule has 0 aliphatic heterocycles. The summed E-state index contributed by atoms with van der Waals surface area (Å²) in [6.07, 6.45) is 3.34. The van der Waals surface area contributed by atoms with E-state index in [0.29, 0.717) is 5.56 Å². The summed E-state index contributed by atoms with van der Waals surface area (Å²) in [5.74, 6) is -0.306. The molecule has 1 aromatic rings. The lowest BCUT2D eigenvalue weighted by atomic mass is 10.2. The van der Waals surface area contributed by atoms with E-state index < -0.39 is 15.7 Å². The van der Waals surface area contributed by atoms with E-state index in [2.05, 4.69) is 4.40 Å². The van der Waals surface area contributed by atoms with Gasteiger partial charge in [-0.05, 0) is 50.8 Å². The zero-order valence-corrected chi connectivity index (χ0v) is 12.0. The van der Waals surface area contributed by atoms with Crippen molar-refractivity contribution in [3.63, 3.8) is 0 Å². The van der Waals surface area contributed by atoms with Gasteiger partial charge >= 0.3 is 0 Å². The van der Waals surface area contributed by atoms with Gasteiger partial charge in [-0.25, -0.2) is 8.60 Å². The van der Waals surface area contributed by atoms with Gasteiger partial charge in [0.15, 0.2) is 0 Å². The molecule has 0 spiro atoms. The predicted molar refractivity (Wildman–Crippen MR) is 73.7 cm³/mol. The zero-order valence-electron chi connectivity index (χ0n) is 10.4. The van der Waals surface area contributed by atoms with Crippen molar-refractivity contribution in [3.05, 3.63) is 29.6 Å². The Kier molecular flexibility index (Phi) is 4.89. The number of hydrogen-bond donors (Lipinski definition) is 0. The first-order valence-corrected chi connectivity index (χ1v) is 7.47. The van der Waals surface area contributed by atoms with E-state index in [0.717, 1.165) is 4.90 Å². The summed E-state index contributed by atoms with van der Waals surface area (Å²) in [5, 5.41) is 0. The van der Waals surface area contributed by atoms with Crippen LogP contribution in [0.5, 0.6) is 0 Å². The molecular weight excluding hydrogens is 257 g/mol. The van der Waals surface area contributed by atoms with Crippen molar-refractivity contribution in [2.75, 3.05) is 6.26 Å². The lowest BCUT2D eigenvalue weighted by molar-refractivity contribution is 0.624. The van der Waals surface area contributed by atoms with Crippen LogP contribution in [0.2, 0.25) is 0 Å². The van der Waals surface area contributed by atoms with Gasteiger partial charge in [0.1, 0.15) is 16.8 Å². The van der Waals surface area contributed by atoms with Crippen LogP contribution >= 0.6 is 11.8 Å². The normalized spacial score (nSPS) is 14.2. The highest BCUT2D eigenvalue weighted by atomic mass is 32.2. The van der Waals surface area contributed by atoms with Gasteiger partial charge in [0.05, 0.1) is 4.75 Å². The van der Waals surface area contributed by atoms with Crippen molar-refractivity contribution in [2.24, 2.45) is 4.40 Å². The van der Waals surface area contributed by atoms with E-state index >= 15 is 0 Å². The lowest BCUT2D eigenvalue weighted by Gasteiger charge is -2.12. The third kappa shape index (κ3) is 4.60. The smallest absolute Gasteiger partial charge is 0.144 e. The fraction of sp³-hybridized carbons (Fsp3) is 0.417. The van der Waals surface area contributed by atoms with E-state index in [4.69, 9.17) is 0 Å². The monoisotopic (exact) mass is 273 g/mol. The number of rotatable bonds is 3. The summed E-state index contributed by atoms with van der Waals surface area (Å²) in [5.41, 5.74) is 0.631. The summed E-state index contributed by atoms with van der Waals surface area (Å²) in [6.45, 7) is 5.54. The van der Waals surface area contributed by atoms with Gasteiger partial charge in [0.2, 0.25) is 0 Å². The molecule has 1 aromatic carbocycles. The first-order valence-electron chi connectivity index (χ1n) is 5.13. The maximum absolute atomic E-state index is 13.2. The molecule has 0 heterocycles. The van der Waals surface area contributed by atoms with Gasteiger partial charge in [0, 0.05) is 11.1 Å². The second kappa shape index (κ2) is 5.78. The van der Waals surface area contributed by atoms with Crippen molar-refractivity contribution in [3.8, 4) is 0 Å². The third-order valence-electron chi connectivity index (χ3n) is 1.95. The van der Waals surface area contributed by atoms with Crippen LogP contribution < -0.4 is 0 Å². The fourth-order valence-electron chi connectivity index (χ4n) is 1.04. The topological polar surface area (TPSA) is 29.4 Å². The van der Waals surface area contributed by atoms with E-state index in [1.165, 1.54) is 30.1 Å². The Labute approximate surface area is 108 Å². The van der Waals surface area contributed by atoms with Gasteiger partial charge < -0.3 is 0 Å². The highest BCUT2D eigenvalue weighted by Crippen LogP contribution is 2.18. The molecule has 0 amide bonds. The van der Waals surface area contributed by atoms with Crippen LogP contribution in [-0.2, 0) is 11.0 Å². The van der Waals surface area contributed by atoms with E-state index in [9.17, 15) is 8.60 Å². The lowest BCUT2D eigenvalue weighted by Crippen LogP contribution is -2.19. The van der Waals surface area contributed by atoms with E-state index in [1.54, 1.807) is 0 Å². The molecule has 0 saturated carbocycles. The van der Waals surface area contributed by atoms with Crippen molar-refractivity contribution < 1.29 is 8.60 Å².